The van der Waals surface area contributed by atoms with Crippen LogP contribution in [0, 0.1) is 10.1 Å². The Bertz CT molecular complexity index is 680. The highest BCUT2D eigenvalue weighted by atomic mass is 16.6. The molecule has 1 aromatic rings. The highest BCUT2D eigenvalue weighted by Crippen LogP contribution is 2.22. The molecule has 0 aliphatic carbocycles. The molecule has 1 aliphatic rings. The molecular formula is C16H22N4O6. The van der Waals surface area contributed by atoms with E-state index >= 15 is 0 Å². The minimum Gasteiger partial charge on any atom is -0.476 e. The zero-order valence-electron chi connectivity index (χ0n) is 15.0. The summed E-state index contributed by atoms with van der Waals surface area (Å²) in [5.41, 5.74) is -0.573. The van der Waals surface area contributed by atoms with Crippen LogP contribution in [0.1, 0.15) is 20.8 Å². The number of ether oxygens (including phenoxy) is 2. The Balaban J connectivity index is 1.84. The van der Waals surface area contributed by atoms with Gasteiger partial charge in [-0.15, -0.1) is 0 Å². The Morgan fingerprint density at radius 3 is 2.42 bits per heavy atom. The quantitative estimate of drug-likeness (QED) is 0.585. The van der Waals surface area contributed by atoms with Gasteiger partial charge in [-0.1, -0.05) is 0 Å². The minimum atomic E-state index is -0.667. The Morgan fingerprint density at radius 1 is 1.23 bits per heavy atom. The lowest BCUT2D eigenvalue weighted by Gasteiger charge is -2.35. The molecule has 1 fully saturated rings. The molecule has 1 aromatic heterocycles. The van der Waals surface area contributed by atoms with Crippen molar-refractivity contribution < 1.29 is 24.0 Å². The number of hydrogen-bond donors (Lipinski definition) is 0. The van der Waals surface area contributed by atoms with Gasteiger partial charge in [0.2, 0.25) is 5.75 Å². The molecule has 0 bridgehead atoms. The molecule has 2 rings (SSSR count). The van der Waals surface area contributed by atoms with Crippen LogP contribution < -0.4 is 4.74 Å². The molecule has 1 saturated heterocycles. The molecule has 0 atom stereocenters. The molecule has 10 nitrogen and oxygen atoms in total. The second-order valence-electron chi connectivity index (χ2n) is 6.72. The molecular weight excluding hydrogens is 344 g/mol. The molecule has 0 N–H and O–H groups in total. The van der Waals surface area contributed by atoms with Crippen LogP contribution in [0.3, 0.4) is 0 Å². The van der Waals surface area contributed by atoms with Crippen molar-refractivity contribution in [1.82, 2.24) is 14.8 Å². The van der Waals surface area contributed by atoms with E-state index in [2.05, 4.69) is 4.98 Å². The number of rotatable bonds is 4. The van der Waals surface area contributed by atoms with Gasteiger partial charge in [0.1, 0.15) is 11.8 Å². The summed E-state index contributed by atoms with van der Waals surface area (Å²) in [6.45, 7) is 6.44. The van der Waals surface area contributed by atoms with E-state index in [0.29, 0.717) is 26.2 Å². The number of amides is 2. The lowest BCUT2D eigenvalue weighted by molar-refractivity contribution is -0.390. The zero-order chi connectivity index (χ0) is 19.3. The van der Waals surface area contributed by atoms with Crippen molar-refractivity contribution >= 4 is 17.8 Å². The van der Waals surface area contributed by atoms with Crippen molar-refractivity contribution in [1.29, 1.82) is 0 Å². The van der Waals surface area contributed by atoms with Crippen LogP contribution in [0.25, 0.3) is 0 Å². The van der Waals surface area contributed by atoms with E-state index in [1.165, 1.54) is 18.3 Å². The topological polar surface area (TPSA) is 115 Å². The van der Waals surface area contributed by atoms with Crippen LogP contribution in [0.4, 0.5) is 10.6 Å². The monoisotopic (exact) mass is 366 g/mol. The van der Waals surface area contributed by atoms with Gasteiger partial charge in [0.15, 0.2) is 6.61 Å². The number of pyridine rings is 1. The lowest BCUT2D eigenvalue weighted by atomic mass is 10.2. The number of piperazine rings is 1. The van der Waals surface area contributed by atoms with Crippen LogP contribution in [0.15, 0.2) is 18.3 Å². The van der Waals surface area contributed by atoms with Crippen molar-refractivity contribution in [2.45, 2.75) is 26.4 Å². The van der Waals surface area contributed by atoms with Gasteiger partial charge in [-0.2, -0.15) is 0 Å². The van der Waals surface area contributed by atoms with Crippen LogP contribution in [0.2, 0.25) is 0 Å². The fourth-order valence-electron chi connectivity index (χ4n) is 2.33. The van der Waals surface area contributed by atoms with Gasteiger partial charge in [-0.3, -0.25) is 4.79 Å². The summed E-state index contributed by atoms with van der Waals surface area (Å²) < 4.78 is 10.6. The van der Waals surface area contributed by atoms with Crippen molar-refractivity contribution in [3.8, 4) is 5.75 Å². The van der Waals surface area contributed by atoms with Gasteiger partial charge in [0.25, 0.3) is 5.91 Å². The average Bonchev–Trinajstić information content (AvgIpc) is 2.58. The largest absolute Gasteiger partial charge is 0.476 e. The van der Waals surface area contributed by atoms with Crippen molar-refractivity contribution in [2.75, 3.05) is 32.8 Å². The Morgan fingerprint density at radius 2 is 1.85 bits per heavy atom. The van der Waals surface area contributed by atoms with Gasteiger partial charge in [0.05, 0.1) is 0 Å². The fraction of sp³-hybridized carbons (Fsp3) is 0.562. The molecule has 0 unspecified atom stereocenters. The maximum atomic E-state index is 12.2. The zero-order valence-corrected chi connectivity index (χ0v) is 15.0. The summed E-state index contributed by atoms with van der Waals surface area (Å²) >= 11 is 0. The molecule has 26 heavy (non-hydrogen) atoms. The minimum absolute atomic E-state index is 0.0572. The van der Waals surface area contributed by atoms with Crippen molar-refractivity contribution in [2.24, 2.45) is 0 Å². The van der Waals surface area contributed by atoms with E-state index in [1.54, 1.807) is 30.6 Å². The second-order valence-corrected chi connectivity index (χ2v) is 6.72. The lowest BCUT2D eigenvalue weighted by Crippen LogP contribution is -2.52. The molecule has 0 aromatic carbocycles. The molecule has 0 spiro atoms. The number of carbonyl (C=O) groups excluding carboxylic acids is 2. The maximum Gasteiger partial charge on any atom is 0.410 e. The molecule has 1 aliphatic heterocycles. The Kier molecular flexibility index (Phi) is 5.96. The predicted molar refractivity (Wildman–Crippen MR) is 90.8 cm³/mol. The first-order valence-electron chi connectivity index (χ1n) is 8.15. The van der Waals surface area contributed by atoms with Gasteiger partial charge in [-0.05, 0) is 42.8 Å². The van der Waals surface area contributed by atoms with E-state index in [0.717, 1.165) is 0 Å². The normalized spacial score (nSPS) is 14.7. The highest BCUT2D eigenvalue weighted by molar-refractivity contribution is 5.78. The summed E-state index contributed by atoms with van der Waals surface area (Å²) in [5, 5.41) is 10.9. The predicted octanol–water partition coefficient (Wildman–Crippen LogP) is 1.45. The molecule has 0 radical (unpaired) electrons. The summed E-state index contributed by atoms with van der Waals surface area (Å²) in [5.74, 6) is -0.805. The first kappa shape index (κ1) is 19.4. The smallest absolute Gasteiger partial charge is 0.410 e. The Labute approximate surface area is 150 Å². The highest BCUT2D eigenvalue weighted by Gasteiger charge is 2.28. The number of aromatic nitrogens is 1. The van der Waals surface area contributed by atoms with E-state index in [4.69, 9.17) is 9.47 Å². The standard InChI is InChI=1S/C16H22N4O6/c1-16(2,3)26-15(22)19-9-7-18(8-10-19)13(21)11-25-12-5-4-6-17-14(12)20(23)24/h4-6H,7-11H2,1-3H3. The molecule has 2 amide bonds. The summed E-state index contributed by atoms with van der Waals surface area (Å²) in [6.07, 6.45) is 0.870. The van der Waals surface area contributed by atoms with E-state index in [9.17, 15) is 19.7 Å². The van der Waals surface area contributed by atoms with Crippen LogP contribution >= 0.6 is 0 Å². The number of nitrogens with zero attached hydrogens (tertiary/aromatic N) is 4. The van der Waals surface area contributed by atoms with Crippen LogP contribution in [0.5, 0.6) is 5.75 Å². The van der Waals surface area contributed by atoms with Gasteiger partial charge in [-0.25, -0.2) is 4.79 Å². The van der Waals surface area contributed by atoms with Gasteiger partial charge < -0.3 is 29.4 Å². The number of nitro groups is 1. The van der Waals surface area contributed by atoms with Crippen LogP contribution in [-0.4, -0.2) is 70.1 Å². The number of hydrogen-bond acceptors (Lipinski definition) is 7. The van der Waals surface area contributed by atoms with Gasteiger partial charge in [0, 0.05) is 26.2 Å². The average molecular weight is 366 g/mol. The third-order valence-electron chi connectivity index (χ3n) is 3.56. The first-order chi connectivity index (χ1) is 12.2. The molecule has 142 valence electrons. The van der Waals surface area contributed by atoms with E-state index in [-0.39, 0.29) is 18.3 Å². The summed E-state index contributed by atoms with van der Waals surface area (Å²) in [6, 6.07) is 2.88. The molecule has 0 saturated carbocycles. The third kappa shape index (κ3) is 5.30. The summed E-state index contributed by atoms with van der Waals surface area (Å²) in [7, 11) is 0. The third-order valence-corrected chi connectivity index (χ3v) is 3.56. The number of carbonyl (C=O) groups is 2. The van der Waals surface area contributed by atoms with E-state index < -0.39 is 22.4 Å². The fourth-order valence-corrected chi connectivity index (χ4v) is 2.33. The summed E-state index contributed by atoms with van der Waals surface area (Å²) in [4.78, 5) is 41.2. The second kappa shape index (κ2) is 7.98. The van der Waals surface area contributed by atoms with Crippen molar-refractivity contribution in [3.63, 3.8) is 0 Å². The van der Waals surface area contributed by atoms with E-state index in [1.807, 2.05) is 0 Å². The van der Waals surface area contributed by atoms with Gasteiger partial charge >= 0.3 is 11.9 Å². The van der Waals surface area contributed by atoms with Crippen LogP contribution in [-0.2, 0) is 9.53 Å². The molecule has 2 heterocycles. The first-order valence-corrected chi connectivity index (χ1v) is 8.15. The Hall–Kier alpha value is -2.91. The molecule has 10 heteroatoms. The maximum absolute atomic E-state index is 12.2. The van der Waals surface area contributed by atoms with Crippen molar-refractivity contribution in [3.05, 3.63) is 28.4 Å². The SMILES string of the molecule is CC(C)(C)OC(=O)N1CCN(C(=O)COc2cccnc2[N+](=O)[O-])CC1.